The summed E-state index contributed by atoms with van der Waals surface area (Å²) in [6.45, 7) is 0.169. The summed E-state index contributed by atoms with van der Waals surface area (Å²) in [5.41, 5.74) is 4.82. The fourth-order valence-corrected chi connectivity index (χ4v) is 1.88. The predicted octanol–water partition coefficient (Wildman–Crippen LogP) is 4.00. The van der Waals surface area contributed by atoms with Crippen LogP contribution in [0.3, 0.4) is 0 Å². The number of rotatable bonds is 4. The second-order valence-corrected chi connectivity index (χ2v) is 4.27. The second kappa shape index (κ2) is 5.96. The first-order valence-electron chi connectivity index (χ1n) is 6.14. The van der Waals surface area contributed by atoms with Gasteiger partial charge < -0.3 is 10.5 Å². The molecule has 2 N–H and O–H groups in total. The first kappa shape index (κ1) is 14.4. The first-order chi connectivity index (χ1) is 9.50. The van der Waals surface area contributed by atoms with Crippen molar-refractivity contribution in [3.8, 4) is 11.5 Å². The number of ether oxygens (including phenoxy) is 1. The zero-order valence-electron chi connectivity index (χ0n) is 10.7. The number of hydrogen-bond acceptors (Lipinski definition) is 2. The van der Waals surface area contributed by atoms with E-state index in [-0.39, 0.29) is 24.3 Å². The van der Waals surface area contributed by atoms with Crippen LogP contribution >= 0.6 is 0 Å². The summed E-state index contributed by atoms with van der Waals surface area (Å²) in [4.78, 5) is 0. The van der Waals surface area contributed by atoms with E-state index in [4.69, 9.17) is 10.5 Å². The highest BCUT2D eigenvalue weighted by Crippen LogP contribution is 2.35. The third kappa shape index (κ3) is 3.51. The summed E-state index contributed by atoms with van der Waals surface area (Å²) in [5.74, 6) is 0.650. The summed E-state index contributed by atoms with van der Waals surface area (Å²) in [6.07, 6.45) is -4.24. The van der Waals surface area contributed by atoms with Crippen molar-refractivity contribution >= 4 is 0 Å². The van der Waals surface area contributed by atoms with Crippen LogP contribution in [0.5, 0.6) is 11.5 Å². The van der Waals surface area contributed by atoms with E-state index in [0.29, 0.717) is 5.75 Å². The smallest absolute Gasteiger partial charge is 0.416 e. The van der Waals surface area contributed by atoms with Gasteiger partial charge in [0.05, 0.1) is 5.56 Å². The number of hydrogen-bond donors (Lipinski definition) is 1. The highest BCUT2D eigenvalue weighted by atomic mass is 19.4. The summed E-state index contributed by atoms with van der Waals surface area (Å²) >= 11 is 0. The van der Waals surface area contributed by atoms with Gasteiger partial charge in [0.25, 0.3) is 0 Å². The monoisotopic (exact) mass is 281 g/mol. The number of para-hydroxylation sites is 1. The minimum Gasteiger partial charge on any atom is -0.457 e. The van der Waals surface area contributed by atoms with Crippen molar-refractivity contribution in [2.75, 3.05) is 6.54 Å². The molecule has 0 amide bonds. The fourth-order valence-electron chi connectivity index (χ4n) is 1.88. The minimum absolute atomic E-state index is 0.157. The Morgan fingerprint density at radius 3 is 2.25 bits per heavy atom. The Kier molecular flexibility index (Phi) is 4.29. The average Bonchev–Trinajstić information content (AvgIpc) is 2.41. The van der Waals surface area contributed by atoms with Crippen LogP contribution in [-0.2, 0) is 12.6 Å². The molecule has 0 radical (unpaired) electrons. The Morgan fingerprint density at radius 2 is 1.65 bits per heavy atom. The molecule has 0 aliphatic rings. The van der Waals surface area contributed by atoms with Crippen molar-refractivity contribution in [1.29, 1.82) is 0 Å². The molecule has 0 spiro atoms. The van der Waals surface area contributed by atoms with Gasteiger partial charge in [-0.25, -0.2) is 0 Å². The van der Waals surface area contributed by atoms with Gasteiger partial charge in [-0.1, -0.05) is 24.3 Å². The molecule has 2 aromatic rings. The Balaban J connectivity index is 2.32. The molecule has 5 heteroatoms. The first-order valence-corrected chi connectivity index (χ1v) is 6.14. The lowest BCUT2D eigenvalue weighted by atomic mass is 10.0. The number of halogens is 3. The van der Waals surface area contributed by atoms with Crippen molar-refractivity contribution in [1.82, 2.24) is 0 Å². The molecule has 0 unspecified atom stereocenters. The standard InChI is InChI=1S/C15H14F3NO/c16-15(17,18)14-10-13(7-6-11(14)8-9-19)20-12-4-2-1-3-5-12/h1-7,10H,8-9,19H2. The third-order valence-corrected chi connectivity index (χ3v) is 2.78. The molecule has 0 saturated carbocycles. The van der Waals surface area contributed by atoms with Crippen LogP contribution in [0.4, 0.5) is 13.2 Å². The topological polar surface area (TPSA) is 35.2 Å². The maximum atomic E-state index is 13.0. The van der Waals surface area contributed by atoms with Crippen LogP contribution < -0.4 is 10.5 Å². The van der Waals surface area contributed by atoms with Crippen LogP contribution in [0, 0.1) is 0 Å². The largest absolute Gasteiger partial charge is 0.457 e. The van der Waals surface area contributed by atoms with E-state index in [1.165, 1.54) is 12.1 Å². The molecule has 106 valence electrons. The molecule has 20 heavy (non-hydrogen) atoms. The van der Waals surface area contributed by atoms with E-state index in [1.54, 1.807) is 30.3 Å². The van der Waals surface area contributed by atoms with Crippen molar-refractivity contribution in [3.63, 3.8) is 0 Å². The molecule has 2 aromatic carbocycles. The maximum Gasteiger partial charge on any atom is 0.416 e. The van der Waals surface area contributed by atoms with Gasteiger partial charge >= 0.3 is 6.18 Å². The Morgan fingerprint density at radius 1 is 0.950 bits per heavy atom. The van der Waals surface area contributed by atoms with Gasteiger partial charge in [-0.3, -0.25) is 0 Å². The minimum atomic E-state index is -4.42. The summed E-state index contributed by atoms with van der Waals surface area (Å²) in [5, 5.41) is 0. The third-order valence-electron chi connectivity index (χ3n) is 2.78. The summed E-state index contributed by atoms with van der Waals surface area (Å²) in [7, 11) is 0. The average molecular weight is 281 g/mol. The lowest BCUT2D eigenvalue weighted by Crippen LogP contribution is -2.12. The van der Waals surface area contributed by atoms with E-state index in [9.17, 15) is 13.2 Å². The van der Waals surface area contributed by atoms with Gasteiger partial charge in [0.2, 0.25) is 0 Å². The van der Waals surface area contributed by atoms with Gasteiger partial charge in [0, 0.05) is 0 Å². The lowest BCUT2D eigenvalue weighted by molar-refractivity contribution is -0.138. The molecule has 2 nitrogen and oxygen atoms in total. The summed E-state index contributed by atoms with van der Waals surface area (Å²) < 4.78 is 44.4. The van der Waals surface area contributed by atoms with Crippen LogP contribution in [0.1, 0.15) is 11.1 Å². The molecule has 0 fully saturated rings. The highest BCUT2D eigenvalue weighted by Gasteiger charge is 2.33. The van der Waals surface area contributed by atoms with Crippen molar-refractivity contribution < 1.29 is 17.9 Å². The molecule has 0 atom stereocenters. The molecule has 0 saturated heterocycles. The van der Waals surface area contributed by atoms with Gasteiger partial charge in [-0.05, 0) is 42.8 Å². The highest BCUT2D eigenvalue weighted by molar-refractivity contribution is 5.40. The van der Waals surface area contributed by atoms with Gasteiger partial charge in [-0.15, -0.1) is 0 Å². The van der Waals surface area contributed by atoms with E-state index < -0.39 is 11.7 Å². The Labute approximate surface area is 115 Å². The van der Waals surface area contributed by atoms with Crippen LogP contribution in [0.2, 0.25) is 0 Å². The van der Waals surface area contributed by atoms with Crippen molar-refractivity contribution in [2.45, 2.75) is 12.6 Å². The van der Waals surface area contributed by atoms with Crippen molar-refractivity contribution in [3.05, 3.63) is 59.7 Å². The van der Waals surface area contributed by atoms with E-state index >= 15 is 0 Å². The second-order valence-electron chi connectivity index (χ2n) is 4.27. The lowest BCUT2D eigenvalue weighted by Gasteiger charge is -2.14. The van der Waals surface area contributed by atoms with Crippen LogP contribution in [-0.4, -0.2) is 6.54 Å². The zero-order valence-corrected chi connectivity index (χ0v) is 10.7. The molecular weight excluding hydrogens is 267 g/mol. The summed E-state index contributed by atoms with van der Waals surface area (Å²) in [6, 6.07) is 12.6. The predicted molar refractivity (Wildman–Crippen MR) is 70.7 cm³/mol. The fraction of sp³-hybridized carbons (Fsp3) is 0.200. The van der Waals surface area contributed by atoms with E-state index in [1.807, 2.05) is 0 Å². The Hall–Kier alpha value is -2.01. The normalized spacial score (nSPS) is 11.4. The van der Waals surface area contributed by atoms with E-state index in [2.05, 4.69) is 0 Å². The molecular formula is C15H14F3NO. The molecule has 2 rings (SSSR count). The maximum absolute atomic E-state index is 13.0. The molecule has 0 heterocycles. The Bertz CT molecular complexity index is 567. The number of alkyl halides is 3. The molecule has 0 bridgehead atoms. The van der Waals surface area contributed by atoms with Gasteiger partial charge in [-0.2, -0.15) is 13.2 Å². The van der Waals surface area contributed by atoms with Crippen molar-refractivity contribution in [2.24, 2.45) is 5.73 Å². The molecule has 0 aromatic heterocycles. The zero-order chi connectivity index (χ0) is 14.6. The quantitative estimate of drug-likeness (QED) is 0.919. The van der Waals surface area contributed by atoms with Crippen LogP contribution in [0.15, 0.2) is 48.5 Å². The molecule has 0 aliphatic heterocycles. The number of nitrogens with two attached hydrogens (primary N) is 1. The SMILES string of the molecule is NCCc1ccc(Oc2ccccc2)cc1C(F)(F)F. The van der Waals surface area contributed by atoms with Crippen LogP contribution in [0.25, 0.3) is 0 Å². The van der Waals surface area contributed by atoms with E-state index in [0.717, 1.165) is 6.07 Å². The van der Waals surface area contributed by atoms with Gasteiger partial charge in [0.1, 0.15) is 11.5 Å². The number of benzene rings is 2. The van der Waals surface area contributed by atoms with Gasteiger partial charge in [0.15, 0.2) is 0 Å². The molecule has 0 aliphatic carbocycles.